The van der Waals surface area contributed by atoms with Crippen LogP contribution < -0.4 is 15.8 Å². The first kappa shape index (κ1) is 29.2. The third-order valence-electron chi connectivity index (χ3n) is 7.84. The molecule has 1 aliphatic rings. The van der Waals surface area contributed by atoms with Crippen molar-refractivity contribution in [3.63, 3.8) is 0 Å². The van der Waals surface area contributed by atoms with Crippen LogP contribution in [-0.2, 0) is 30.0 Å². The predicted molar refractivity (Wildman–Crippen MR) is 163 cm³/mol. The van der Waals surface area contributed by atoms with E-state index in [1.807, 2.05) is 12.1 Å². The molecule has 3 heterocycles. The molecule has 0 radical (unpaired) electrons. The van der Waals surface area contributed by atoms with Crippen LogP contribution in [0.3, 0.4) is 0 Å². The Morgan fingerprint density at radius 2 is 1.74 bits per heavy atom. The molecule has 218 valence electrons. The van der Waals surface area contributed by atoms with E-state index in [0.29, 0.717) is 30.5 Å². The van der Waals surface area contributed by atoms with Gasteiger partial charge in [-0.2, -0.15) is 0 Å². The quantitative estimate of drug-likeness (QED) is 0.328. The van der Waals surface area contributed by atoms with E-state index in [1.54, 1.807) is 62.9 Å². The van der Waals surface area contributed by atoms with Crippen LogP contribution in [0.4, 0.5) is 5.95 Å². The van der Waals surface area contributed by atoms with E-state index in [9.17, 15) is 18.0 Å². The zero-order valence-corrected chi connectivity index (χ0v) is 25.1. The number of aromatic nitrogens is 3. The molecule has 42 heavy (non-hydrogen) atoms. The summed E-state index contributed by atoms with van der Waals surface area (Å²) < 4.78 is 25.7. The first-order valence-corrected chi connectivity index (χ1v) is 15.7. The first-order chi connectivity index (χ1) is 20.1. The summed E-state index contributed by atoms with van der Waals surface area (Å²) in [6.45, 7) is 7.63. The van der Waals surface area contributed by atoms with Gasteiger partial charge in [0.2, 0.25) is 11.5 Å². The van der Waals surface area contributed by atoms with E-state index in [4.69, 9.17) is 0 Å². The number of nitrogens with zero attached hydrogens (tertiary/aromatic N) is 4. The molecule has 0 spiro atoms. The Kier molecular flexibility index (Phi) is 8.27. The summed E-state index contributed by atoms with van der Waals surface area (Å²) in [5.74, 6) is 1.08. The van der Waals surface area contributed by atoms with Crippen molar-refractivity contribution in [3.8, 4) is 11.1 Å². The van der Waals surface area contributed by atoms with Crippen LogP contribution in [0.5, 0.6) is 0 Å². The van der Waals surface area contributed by atoms with Crippen LogP contribution in [0.25, 0.3) is 11.1 Å². The number of hydrogen-bond acceptors (Lipinski definition) is 7. The number of pyridine rings is 1. The van der Waals surface area contributed by atoms with Gasteiger partial charge in [0.15, 0.2) is 9.84 Å². The van der Waals surface area contributed by atoms with Crippen LogP contribution >= 0.6 is 0 Å². The lowest BCUT2D eigenvalue weighted by Crippen LogP contribution is -2.37. The van der Waals surface area contributed by atoms with Gasteiger partial charge in [-0.25, -0.2) is 18.4 Å². The average Bonchev–Trinajstić information content (AvgIpc) is 3.00. The Morgan fingerprint density at radius 1 is 1.02 bits per heavy atom. The van der Waals surface area contributed by atoms with E-state index in [1.165, 1.54) is 16.2 Å². The fourth-order valence-electron chi connectivity index (χ4n) is 5.24. The van der Waals surface area contributed by atoms with Gasteiger partial charge in [-0.15, -0.1) is 0 Å². The van der Waals surface area contributed by atoms with Gasteiger partial charge in [-0.1, -0.05) is 39.0 Å². The SMILES string of the molecule is CCS(=O)(=O)c1ccc(CNC(=O)c2ccc3c(c2)CN(c2ncc(-c4ccc(=O)n(C)c4)cn2)C[C@H]3C(C)C)cc1. The Balaban J connectivity index is 1.32. The zero-order chi connectivity index (χ0) is 30.0. The van der Waals surface area contributed by atoms with E-state index < -0.39 is 9.84 Å². The van der Waals surface area contributed by atoms with Gasteiger partial charge in [0.1, 0.15) is 0 Å². The molecular weight excluding hydrogens is 550 g/mol. The topological polar surface area (TPSA) is 114 Å². The highest BCUT2D eigenvalue weighted by Crippen LogP contribution is 2.35. The van der Waals surface area contributed by atoms with Gasteiger partial charge in [-0.3, -0.25) is 9.59 Å². The third-order valence-corrected chi connectivity index (χ3v) is 9.59. The number of sulfone groups is 1. The Labute approximate surface area is 246 Å². The normalized spacial score (nSPS) is 15.0. The number of carbonyl (C=O) groups excluding carboxylic acids is 1. The van der Waals surface area contributed by atoms with Gasteiger partial charge >= 0.3 is 0 Å². The highest BCUT2D eigenvalue weighted by atomic mass is 32.2. The molecule has 1 aliphatic heterocycles. The molecule has 9 nitrogen and oxygen atoms in total. The Morgan fingerprint density at radius 3 is 2.38 bits per heavy atom. The highest BCUT2D eigenvalue weighted by molar-refractivity contribution is 7.91. The van der Waals surface area contributed by atoms with E-state index in [2.05, 4.69) is 40.1 Å². The maximum absolute atomic E-state index is 13.1. The summed E-state index contributed by atoms with van der Waals surface area (Å²) in [6, 6.07) is 15.8. The number of nitrogens with one attached hydrogen (secondary N) is 1. The van der Waals surface area contributed by atoms with Crippen molar-refractivity contribution in [2.24, 2.45) is 13.0 Å². The van der Waals surface area contributed by atoms with Crippen molar-refractivity contribution < 1.29 is 13.2 Å². The second-order valence-corrected chi connectivity index (χ2v) is 13.3. The van der Waals surface area contributed by atoms with Crippen molar-refractivity contribution in [3.05, 3.63) is 106 Å². The molecule has 0 aliphatic carbocycles. The van der Waals surface area contributed by atoms with Gasteiger partial charge in [-0.05, 0) is 52.9 Å². The monoisotopic (exact) mass is 585 g/mol. The van der Waals surface area contributed by atoms with Crippen LogP contribution in [0.15, 0.2) is 82.9 Å². The molecule has 0 saturated heterocycles. The molecule has 1 N–H and O–H groups in total. The number of fused-ring (bicyclic) bond motifs is 1. The molecule has 5 rings (SSSR count). The first-order valence-electron chi connectivity index (χ1n) is 14.0. The summed E-state index contributed by atoms with van der Waals surface area (Å²) in [7, 11) is -1.55. The lowest BCUT2D eigenvalue weighted by molar-refractivity contribution is 0.0950. The van der Waals surface area contributed by atoms with Crippen molar-refractivity contribution >= 4 is 21.7 Å². The standard InChI is InChI=1S/C32H35N5O4S/c1-5-42(40,41)27-10-6-22(7-11-27)15-33-31(39)23-8-12-28-25(14-23)19-37(20-29(28)21(2)3)32-34-16-26(17-35-32)24-9-13-30(38)36(4)18-24/h6-14,16-18,21,29H,5,15,19-20H2,1-4H3,(H,33,39)/t29-/m0/s1. The predicted octanol–water partition coefficient (Wildman–Crippen LogP) is 4.33. The van der Waals surface area contributed by atoms with Crippen LogP contribution in [0.2, 0.25) is 0 Å². The molecule has 0 fully saturated rings. The number of carbonyl (C=O) groups is 1. The van der Waals surface area contributed by atoms with Crippen LogP contribution in [-0.4, -0.2) is 41.2 Å². The molecule has 0 bridgehead atoms. The lowest BCUT2D eigenvalue weighted by atomic mass is 9.82. The van der Waals surface area contributed by atoms with Gasteiger partial charge < -0.3 is 14.8 Å². The minimum Gasteiger partial charge on any atom is -0.348 e. The van der Waals surface area contributed by atoms with Crippen molar-refractivity contribution in [1.29, 1.82) is 0 Å². The summed E-state index contributed by atoms with van der Waals surface area (Å²) in [5.41, 5.74) is 5.29. The maximum Gasteiger partial charge on any atom is 0.251 e. The van der Waals surface area contributed by atoms with E-state index in [-0.39, 0.29) is 28.0 Å². The second-order valence-electron chi connectivity index (χ2n) is 11.0. The molecule has 1 atom stereocenters. The van der Waals surface area contributed by atoms with E-state index >= 15 is 0 Å². The minimum absolute atomic E-state index is 0.0464. The van der Waals surface area contributed by atoms with E-state index in [0.717, 1.165) is 28.8 Å². The maximum atomic E-state index is 13.1. The number of anilines is 1. The number of hydrogen-bond donors (Lipinski definition) is 1. The van der Waals surface area contributed by atoms with Crippen LogP contribution in [0.1, 0.15) is 53.7 Å². The van der Waals surface area contributed by atoms with Crippen molar-refractivity contribution in [2.45, 2.75) is 44.7 Å². The summed E-state index contributed by atoms with van der Waals surface area (Å²) >= 11 is 0. The minimum atomic E-state index is -3.26. The van der Waals surface area contributed by atoms with Crippen LogP contribution in [0, 0.1) is 5.92 Å². The Bertz CT molecular complexity index is 1760. The molecule has 4 aromatic rings. The smallest absolute Gasteiger partial charge is 0.251 e. The third kappa shape index (κ3) is 6.13. The van der Waals surface area contributed by atoms with Gasteiger partial charge in [0, 0.05) is 73.9 Å². The fourth-order valence-corrected chi connectivity index (χ4v) is 6.12. The average molecular weight is 586 g/mol. The molecule has 2 aromatic carbocycles. The molecular formula is C32H35N5O4S. The summed E-state index contributed by atoms with van der Waals surface area (Å²) in [4.78, 5) is 36.6. The second kappa shape index (κ2) is 11.9. The number of aryl methyl sites for hydroxylation is 1. The van der Waals surface area contributed by atoms with Gasteiger partial charge in [0.05, 0.1) is 10.6 Å². The van der Waals surface area contributed by atoms with Gasteiger partial charge in [0.25, 0.3) is 5.91 Å². The van der Waals surface area contributed by atoms with Crippen molar-refractivity contribution in [2.75, 3.05) is 17.2 Å². The zero-order valence-electron chi connectivity index (χ0n) is 24.2. The molecule has 0 saturated carbocycles. The summed E-state index contributed by atoms with van der Waals surface area (Å²) in [6.07, 6.45) is 5.32. The molecule has 10 heteroatoms. The van der Waals surface area contributed by atoms with Crippen molar-refractivity contribution in [1.82, 2.24) is 19.9 Å². The molecule has 2 aromatic heterocycles. The number of rotatable bonds is 8. The summed E-state index contributed by atoms with van der Waals surface area (Å²) in [5, 5.41) is 2.95. The molecule has 0 unspecified atom stereocenters. The number of amides is 1. The lowest BCUT2D eigenvalue weighted by Gasteiger charge is -2.37. The largest absolute Gasteiger partial charge is 0.348 e. The highest BCUT2D eigenvalue weighted by Gasteiger charge is 2.29. The molecule has 1 amide bonds. The fraction of sp³-hybridized carbons (Fsp3) is 0.312. The number of benzene rings is 2. The Hall–Kier alpha value is -4.31.